The third kappa shape index (κ3) is 3.09. The number of hydrogen-bond acceptors (Lipinski definition) is 2. The summed E-state index contributed by atoms with van der Waals surface area (Å²) in [5.41, 5.74) is 2.95. The van der Waals surface area contributed by atoms with Crippen LogP contribution in [0.3, 0.4) is 0 Å². The highest BCUT2D eigenvalue weighted by Crippen LogP contribution is 2.28. The van der Waals surface area contributed by atoms with Gasteiger partial charge in [-0.1, -0.05) is 0 Å². The largest absolute Gasteiger partial charge is 0.347 e. The summed E-state index contributed by atoms with van der Waals surface area (Å²) < 4.78 is 2.25. The topological polar surface area (TPSA) is 25.2 Å². The van der Waals surface area contributed by atoms with Crippen molar-refractivity contribution in [3.63, 3.8) is 0 Å². The Kier molecular flexibility index (Phi) is 4.60. The Balaban J connectivity index is 2.17. The van der Waals surface area contributed by atoms with Crippen LogP contribution in [0, 0.1) is 13.8 Å². The van der Waals surface area contributed by atoms with Crippen molar-refractivity contribution < 1.29 is 4.79 Å². The zero-order chi connectivity index (χ0) is 15.0. The maximum atomic E-state index is 12.1. The molecule has 1 saturated carbocycles. The van der Waals surface area contributed by atoms with Crippen LogP contribution < -0.4 is 0 Å². The maximum Gasteiger partial charge on any atom is 0.182 e. The van der Waals surface area contributed by atoms with Crippen LogP contribution >= 0.6 is 11.6 Å². The summed E-state index contributed by atoms with van der Waals surface area (Å²) in [6.45, 7) is 8.99. The van der Waals surface area contributed by atoms with Crippen LogP contribution in [0.4, 0.5) is 0 Å². The van der Waals surface area contributed by atoms with E-state index in [1.807, 2.05) is 13.0 Å². The molecule has 1 aliphatic carbocycles. The smallest absolute Gasteiger partial charge is 0.182 e. The minimum Gasteiger partial charge on any atom is -0.347 e. The van der Waals surface area contributed by atoms with Crippen LogP contribution in [-0.4, -0.2) is 39.8 Å². The van der Waals surface area contributed by atoms with E-state index in [4.69, 9.17) is 11.6 Å². The lowest BCUT2D eigenvalue weighted by molar-refractivity contribution is 0.0991. The van der Waals surface area contributed by atoms with Crippen LogP contribution in [0.2, 0.25) is 0 Å². The van der Waals surface area contributed by atoms with Gasteiger partial charge in [0.25, 0.3) is 0 Å². The molecule has 3 nitrogen and oxygen atoms in total. The van der Waals surface area contributed by atoms with Crippen molar-refractivity contribution in [2.75, 3.05) is 7.05 Å². The molecule has 1 heterocycles. The average molecular weight is 297 g/mol. The third-order valence-corrected chi connectivity index (χ3v) is 4.66. The van der Waals surface area contributed by atoms with Crippen LogP contribution in [0.5, 0.6) is 0 Å². The lowest BCUT2D eigenvalue weighted by atomic mass is 10.1. The van der Waals surface area contributed by atoms with E-state index in [2.05, 4.69) is 30.4 Å². The number of likely N-dealkylation sites (N-methyl/N-ethyl adjacent to an activating group) is 1. The van der Waals surface area contributed by atoms with Gasteiger partial charge in [-0.05, 0) is 53.7 Å². The number of halogens is 1. The van der Waals surface area contributed by atoms with Crippen molar-refractivity contribution in [2.24, 2.45) is 0 Å². The van der Waals surface area contributed by atoms with Gasteiger partial charge in [-0.15, -0.1) is 11.6 Å². The van der Waals surface area contributed by atoms with Gasteiger partial charge in [-0.25, -0.2) is 0 Å². The number of aromatic nitrogens is 1. The molecule has 0 radical (unpaired) electrons. The highest BCUT2D eigenvalue weighted by molar-refractivity contribution is 6.33. The monoisotopic (exact) mass is 296 g/mol. The summed E-state index contributed by atoms with van der Waals surface area (Å²) in [7, 11) is 2.20. The summed E-state index contributed by atoms with van der Waals surface area (Å²) in [6.07, 6.45) is 2.63. The van der Waals surface area contributed by atoms with Gasteiger partial charge < -0.3 is 4.57 Å². The zero-order valence-electron chi connectivity index (χ0n) is 13.1. The Morgan fingerprint density at radius 3 is 2.55 bits per heavy atom. The first-order valence-electron chi connectivity index (χ1n) is 7.39. The standard InChI is InChI=1S/C16H25ClN2O/c1-10-8-15(16(20)12(3)17)13(4)19(10)9-11(2)18(5)14-6-7-14/h8,11-12,14H,6-7,9H2,1-5H3. The number of hydrogen-bond donors (Lipinski definition) is 0. The van der Waals surface area contributed by atoms with Crippen molar-refractivity contribution in [3.8, 4) is 0 Å². The molecule has 0 saturated heterocycles. The lowest BCUT2D eigenvalue weighted by Crippen LogP contribution is -2.35. The first-order valence-corrected chi connectivity index (χ1v) is 7.83. The van der Waals surface area contributed by atoms with E-state index in [0.717, 1.165) is 29.5 Å². The lowest BCUT2D eigenvalue weighted by Gasteiger charge is -2.26. The Morgan fingerprint density at radius 1 is 1.45 bits per heavy atom. The fraction of sp³-hybridized carbons (Fsp3) is 0.688. The van der Waals surface area contributed by atoms with E-state index in [1.165, 1.54) is 12.8 Å². The van der Waals surface area contributed by atoms with E-state index >= 15 is 0 Å². The molecule has 20 heavy (non-hydrogen) atoms. The molecular weight excluding hydrogens is 272 g/mol. The van der Waals surface area contributed by atoms with Crippen molar-refractivity contribution in [1.82, 2.24) is 9.47 Å². The van der Waals surface area contributed by atoms with Gasteiger partial charge in [0.15, 0.2) is 5.78 Å². The zero-order valence-corrected chi connectivity index (χ0v) is 13.9. The molecule has 112 valence electrons. The van der Waals surface area contributed by atoms with Gasteiger partial charge in [0.1, 0.15) is 0 Å². The molecule has 2 atom stereocenters. The first kappa shape index (κ1) is 15.6. The summed E-state index contributed by atoms with van der Waals surface area (Å²) in [5.74, 6) is 0.0224. The molecule has 0 aromatic carbocycles. The van der Waals surface area contributed by atoms with Crippen molar-refractivity contribution in [1.29, 1.82) is 0 Å². The molecule has 2 unspecified atom stereocenters. The van der Waals surface area contributed by atoms with E-state index in [9.17, 15) is 4.79 Å². The Bertz CT molecular complexity index is 503. The quantitative estimate of drug-likeness (QED) is 0.594. The summed E-state index contributed by atoms with van der Waals surface area (Å²) >= 11 is 5.94. The fourth-order valence-corrected chi connectivity index (χ4v) is 2.90. The van der Waals surface area contributed by atoms with Crippen LogP contribution in [0.25, 0.3) is 0 Å². The predicted octanol–water partition coefficient (Wildman–Crippen LogP) is 3.40. The first-order chi connectivity index (χ1) is 9.32. The van der Waals surface area contributed by atoms with Crippen molar-refractivity contribution in [2.45, 2.75) is 64.5 Å². The van der Waals surface area contributed by atoms with Gasteiger partial charge in [-0.2, -0.15) is 0 Å². The number of carbonyl (C=O) groups excluding carboxylic acids is 1. The second-order valence-electron chi connectivity index (χ2n) is 6.12. The number of carbonyl (C=O) groups is 1. The Morgan fingerprint density at radius 2 is 2.05 bits per heavy atom. The van der Waals surface area contributed by atoms with E-state index in [1.54, 1.807) is 6.92 Å². The van der Waals surface area contributed by atoms with Gasteiger partial charge in [-0.3, -0.25) is 9.69 Å². The van der Waals surface area contributed by atoms with Gasteiger partial charge in [0.2, 0.25) is 0 Å². The molecule has 0 spiro atoms. The predicted molar refractivity (Wildman–Crippen MR) is 83.8 cm³/mol. The molecule has 1 aromatic heterocycles. The number of alkyl halides is 1. The average Bonchev–Trinajstić information content (AvgIpc) is 3.19. The molecule has 0 amide bonds. The molecule has 1 fully saturated rings. The normalized spacial score (nSPS) is 18.4. The molecule has 0 aliphatic heterocycles. The molecule has 1 aliphatic rings. The van der Waals surface area contributed by atoms with Crippen LogP contribution in [-0.2, 0) is 6.54 Å². The van der Waals surface area contributed by atoms with E-state index in [-0.39, 0.29) is 5.78 Å². The minimum absolute atomic E-state index is 0.0224. The highest BCUT2D eigenvalue weighted by atomic mass is 35.5. The summed E-state index contributed by atoms with van der Waals surface area (Å²) in [4.78, 5) is 14.6. The molecule has 0 N–H and O–H groups in total. The second kappa shape index (κ2) is 5.90. The van der Waals surface area contributed by atoms with Gasteiger partial charge in [0.05, 0.1) is 5.38 Å². The van der Waals surface area contributed by atoms with Crippen molar-refractivity contribution >= 4 is 17.4 Å². The van der Waals surface area contributed by atoms with Crippen molar-refractivity contribution in [3.05, 3.63) is 23.0 Å². The summed E-state index contributed by atoms with van der Waals surface area (Å²) in [6, 6.07) is 3.20. The molecule has 0 bridgehead atoms. The molecule has 1 aromatic rings. The third-order valence-electron chi connectivity index (χ3n) is 4.47. The SMILES string of the molecule is Cc1cc(C(=O)C(C)Cl)c(C)n1CC(C)N(C)C1CC1. The minimum atomic E-state index is -0.462. The maximum absolute atomic E-state index is 12.1. The van der Waals surface area contributed by atoms with Crippen LogP contribution in [0.1, 0.15) is 48.4 Å². The number of nitrogens with zero attached hydrogens (tertiary/aromatic N) is 2. The number of rotatable bonds is 6. The molecular formula is C16H25ClN2O. The van der Waals surface area contributed by atoms with Gasteiger partial charge in [0, 0.05) is 35.6 Å². The highest BCUT2D eigenvalue weighted by Gasteiger charge is 2.29. The van der Waals surface area contributed by atoms with Crippen LogP contribution in [0.15, 0.2) is 6.07 Å². The molecule has 4 heteroatoms. The summed E-state index contributed by atoms with van der Waals surface area (Å²) in [5, 5.41) is -0.462. The van der Waals surface area contributed by atoms with E-state index < -0.39 is 5.38 Å². The van der Waals surface area contributed by atoms with Gasteiger partial charge >= 0.3 is 0 Å². The number of Topliss-reactive ketones (excluding diaryl/α,β-unsaturated/α-hetero) is 1. The number of ketones is 1. The Hall–Kier alpha value is -0.800. The second-order valence-corrected chi connectivity index (χ2v) is 6.78. The van der Waals surface area contributed by atoms with E-state index in [0.29, 0.717) is 6.04 Å². The Labute approximate surface area is 126 Å². The molecule has 2 rings (SSSR count). The number of aryl methyl sites for hydroxylation is 1. The fourth-order valence-electron chi connectivity index (χ4n) is 2.78.